The predicted octanol–water partition coefficient (Wildman–Crippen LogP) is 5.44. The van der Waals surface area contributed by atoms with Gasteiger partial charge in [-0.2, -0.15) is 4.68 Å². The van der Waals surface area contributed by atoms with Crippen molar-refractivity contribution < 1.29 is 14.2 Å². The Labute approximate surface area is 234 Å². The van der Waals surface area contributed by atoms with E-state index in [1.165, 1.54) is 10.6 Å². The van der Waals surface area contributed by atoms with E-state index in [4.69, 9.17) is 4.74 Å². The van der Waals surface area contributed by atoms with Crippen molar-refractivity contribution in [1.29, 1.82) is 0 Å². The molecule has 1 aliphatic heterocycles. The number of nitrogens with zero attached hydrogens (tertiary/aromatic N) is 4. The van der Waals surface area contributed by atoms with Crippen LogP contribution < -0.4 is 10.6 Å². The van der Waals surface area contributed by atoms with Gasteiger partial charge in [0.1, 0.15) is 18.1 Å². The monoisotopic (exact) mass is 544 g/mol. The highest BCUT2D eigenvalue weighted by molar-refractivity contribution is 5.65. The molecule has 0 fully saturated rings. The Balaban J connectivity index is 1.54. The van der Waals surface area contributed by atoms with E-state index in [-0.39, 0.29) is 24.3 Å². The normalized spacial score (nSPS) is 18.8. The van der Waals surface area contributed by atoms with Crippen LogP contribution in [0, 0.1) is 12.7 Å². The lowest BCUT2D eigenvalue weighted by molar-refractivity contribution is 0.0227. The van der Waals surface area contributed by atoms with Crippen LogP contribution in [0.1, 0.15) is 61.7 Å². The maximum absolute atomic E-state index is 15.9. The second-order valence-electron chi connectivity index (χ2n) is 11.0. The standard InChI is InChI=1S/C32H37FN4O3/c1-6-35-30(20-40-19-23-13-8-7-9-14-23)34-37(31(35)38)29-17-28-25(16-27(29)33)32(5,39)26(18-36(28)21(2)3)24-15-11-10-12-22(24)4/h7-17,21,26,39H,6,18-20H2,1-5H3. The largest absolute Gasteiger partial charge is 0.385 e. The van der Waals surface area contributed by atoms with Gasteiger partial charge in [-0.1, -0.05) is 54.6 Å². The van der Waals surface area contributed by atoms with Crippen molar-refractivity contribution in [2.45, 2.75) is 71.9 Å². The number of aliphatic hydroxyl groups is 1. The van der Waals surface area contributed by atoms with Gasteiger partial charge in [-0.05, 0) is 63.4 Å². The Bertz CT molecular complexity index is 1560. The summed E-state index contributed by atoms with van der Waals surface area (Å²) < 4.78 is 24.3. The van der Waals surface area contributed by atoms with Crippen molar-refractivity contribution in [3.63, 3.8) is 0 Å². The van der Waals surface area contributed by atoms with Gasteiger partial charge in [0.15, 0.2) is 5.82 Å². The minimum Gasteiger partial charge on any atom is -0.385 e. The number of rotatable bonds is 8. The van der Waals surface area contributed by atoms with Crippen molar-refractivity contribution >= 4 is 5.69 Å². The first-order valence-electron chi connectivity index (χ1n) is 13.8. The molecule has 1 aromatic heterocycles. The van der Waals surface area contributed by atoms with Crippen molar-refractivity contribution in [1.82, 2.24) is 14.3 Å². The quantitative estimate of drug-likeness (QED) is 0.320. The Kier molecular flexibility index (Phi) is 7.66. The lowest BCUT2D eigenvalue weighted by Gasteiger charge is -2.47. The third-order valence-corrected chi connectivity index (χ3v) is 7.99. The summed E-state index contributed by atoms with van der Waals surface area (Å²) in [4.78, 5) is 15.5. The Morgan fingerprint density at radius 2 is 1.77 bits per heavy atom. The van der Waals surface area contributed by atoms with Gasteiger partial charge in [-0.25, -0.2) is 9.18 Å². The number of hydrogen-bond donors (Lipinski definition) is 1. The topological polar surface area (TPSA) is 72.5 Å². The molecule has 1 aliphatic rings. The molecule has 0 amide bonds. The van der Waals surface area contributed by atoms with E-state index in [1.54, 1.807) is 13.0 Å². The number of halogens is 1. The first-order chi connectivity index (χ1) is 19.1. The summed E-state index contributed by atoms with van der Waals surface area (Å²) in [7, 11) is 0. The van der Waals surface area contributed by atoms with E-state index in [2.05, 4.69) is 23.8 Å². The molecule has 0 spiro atoms. The highest BCUT2D eigenvalue weighted by Crippen LogP contribution is 2.48. The van der Waals surface area contributed by atoms with Crippen LogP contribution in [-0.2, 0) is 30.1 Å². The number of aryl methyl sites for hydroxylation is 1. The van der Waals surface area contributed by atoms with E-state index < -0.39 is 17.1 Å². The zero-order chi connectivity index (χ0) is 28.6. The van der Waals surface area contributed by atoms with Crippen LogP contribution in [-0.4, -0.2) is 32.0 Å². The third-order valence-electron chi connectivity index (χ3n) is 7.99. The van der Waals surface area contributed by atoms with Crippen LogP contribution in [0.3, 0.4) is 0 Å². The molecule has 7 nitrogen and oxygen atoms in total. The summed E-state index contributed by atoms with van der Waals surface area (Å²) in [5.74, 6) is -0.454. The van der Waals surface area contributed by atoms with Crippen molar-refractivity contribution in [3.05, 3.63) is 111 Å². The van der Waals surface area contributed by atoms with Gasteiger partial charge in [0.2, 0.25) is 0 Å². The number of benzene rings is 3. The molecule has 1 N–H and O–H groups in total. The second kappa shape index (κ2) is 11.0. The molecular formula is C32H37FN4O3. The molecular weight excluding hydrogens is 507 g/mol. The van der Waals surface area contributed by atoms with Crippen LogP contribution >= 0.6 is 0 Å². The molecule has 5 rings (SSSR count). The molecule has 3 aromatic carbocycles. The fourth-order valence-electron chi connectivity index (χ4n) is 5.74. The summed E-state index contributed by atoms with van der Waals surface area (Å²) in [6.45, 7) is 11.2. The number of hydrogen-bond acceptors (Lipinski definition) is 5. The minimum absolute atomic E-state index is 0.0519. The zero-order valence-electron chi connectivity index (χ0n) is 23.8. The SMILES string of the molecule is CCn1c(COCc2ccccc2)nn(-c2cc3c(cc2F)C(C)(O)C(c2ccccc2C)CN3C(C)C)c1=O. The summed E-state index contributed by atoms with van der Waals surface area (Å²) in [6, 6.07) is 20.8. The summed E-state index contributed by atoms with van der Waals surface area (Å²) in [5, 5.41) is 16.4. The molecule has 2 unspecified atom stereocenters. The van der Waals surface area contributed by atoms with Gasteiger partial charge < -0.3 is 14.7 Å². The van der Waals surface area contributed by atoms with Gasteiger partial charge in [-0.15, -0.1) is 5.10 Å². The second-order valence-corrected chi connectivity index (χ2v) is 11.0. The van der Waals surface area contributed by atoms with Crippen LogP contribution in [0.4, 0.5) is 10.1 Å². The molecule has 0 aliphatic carbocycles. The molecule has 2 atom stereocenters. The minimum atomic E-state index is -1.32. The smallest absolute Gasteiger partial charge is 0.350 e. The highest BCUT2D eigenvalue weighted by atomic mass is 19.1. The molecule has 4 aromatic rings. The van der Waals surface area contributed by atoms with Crippen LogP contribution in [0.5, 0.6) is 0 Å². The molecule has 8 heteroatoms. The Morgan fingerprint density at radius 1 is 1.07 bits per heavy atom. The van der Waals surface area contributed by atoms with Crippen molar-refractivity contribution in [3.8, 4) is 5.69 Å². The fraction of sp³-hybridized carbons (Fsp3) is 0.375. The number of anilines is 1. The van der Waals surface area contributed by atoms with E-state index in [0.717, 1.165) is 21.4 Å². The number of ether oxygens (including phenoxy) is 1. The Morgan fingerprint density at radius 3 is 2.45 bits per heavy atom. The molecule has 0 saturated carbocycles. The number of aromatic nitrogens is 3. The first-order valence-corrected chi connectivity index (χ1v) is 13.8. The highest BCUT2D eigenvalue weighted by Gasteiger charge is 2.44. The summed E-state index contributed by atoms with van der Waals surface area (Å²) in [5.41, 5.74) is 2.61. The van der Waals surface area contributed by atoms with E-state index >= 15 is 4.39 Å². The molecule has 40 heavy (non-hydrogen) atoms. The van der Waals surface area contributed by atoms with Gasteiger partial charge in [0.05, 0.1) is 12.2 Å². The van der Waals surface area contributed by atoms with Crippen LogP contribution in [0.15, 0.2) is 71.5 Å². The number of fused-ring (bicyclic) bond motifs is 1. The molecule has 0 bridgehead atoms. The van der Waals surface area contributed by atoms with Gasteiger partial charge >= 0.3 is 5.69 Å². The summed E-state index contributed by atoms with van der Waals surface area (Å²) >= 11 is 0. The average molecular weight is 545 g/mol. The van der Waals surface area contributed by atoms with Crippen LogP contribution in [0.25, 0.3) is 5.69 Å². The van der Waals surface area contributed by atoms with Gasteiger partial charge in [-0.3, -0.25) is 4.57 Å². The maximum Gasteiger partial charge on any atom is 0.350 e. The van der Waals surface area contributed by atoms with E-state index in [9.17, 15) is 9.90 Å². The van der Waals surface area contributed by atoms with Gasteiger partial charge in [0.25, 0.3) is 0 Å². The fourth-order valence-corrected chi connectivity index (χ4v) is 5.74. The Hall–Kier alpha value is -3.75. The molecule has 2 heterocycles. The lowest BCUT2D eigenvalue weighted by atomic mass is 9.73. The van der Waals surface area contributed by atoms with Crippen LogP contribution in [0.2, 0.25) is 0 Å². The maximum atomic E-state index is 15.9. The van der Waals surface area contributed by atoms with Gasteiger partial charge in [0, 0.05) is 36.3 Å². The lowest BCUT2D eigenvalue weighted by Crippen LogP contribution is -2.48. The molecule has 0 saturated heterocycles. The van der Waals surface area contributed by atoms with Crippen molar-refractivity contribution in [2.75, 3.05) is 11.4 Å². The summed E-state index contributed by atoms with van der Waals surface area (Å²) in [6.07, 6.45) is 0. The van der Waals surface area contributed by atoms with Crippen molar-refractivity contribution in [2.24, 2.45) is 0 Å². The predicted molar refractivity (Wildman–Crippen MR) is 154 cm³/mol. The van der Waals surface area contributed by atoms with E-state index in [1.807, 2.05) is 68.4 Å². The molecule has 210 valence electrons. The average Bonchev–Trinajstić information content (AvgIpc) is 3.24. The third kappa shape index (κ3) is 4.97. The molecule has 0 radical (unpaired) electrons. The first kappa shape index (κ1) is 27.8. The van der Waals surface area contributed by atoms with E-state index in [0.29, 0.717) is 36.8 Å². The zero-order valence-corrected chi connectivity index (χ0v) is 23.8.